The maximum absolute atomic E-state index is 6.00. The van der Waals surface area contributed by atoms with Gasteiger partial charge >= 0.3 is 0 Å². The first-order valence-corrected chi connectivity index (χ1v) is 6.29. The number of halogens is 2. The van der Waals surface area contributed by atoms with Gasteiger partial charge in [0, 0.05) is 18.8 Å². The summed E-state index contributed by atoms with van der Waals surface area (Å²) in [6, 6.07) is 2.34. The molecule has 1 saturated heterocycles. The van der Waals surface area contributed by atoms with E-state index in [0.29, 0.717) is 21.9 Å². The number of nitrogens with zero attached hydrogens (tertiary/aromatic N) is 1. The molecular weight excluding hydrogens is 245 g/mol. The van der Waals surface area contributed by atoms with Crippen molar-refractivity contribution < 1.29 is 0 Å². The van der Waals surface area contributed by atoms with Gasteiger partial charge < -0.3 is 10.6 Å². The van der Waals surface area contributed by atoms with Gasteiger partial charge in [-0.25, -0.2) is 4.98 Å². The molecule has 2 N–H and O–H groups in total. The molecule has 1 aliphatic heterocycles. The summed E-state index contributed by atoms with van der Waals surface area (Å²) in [7, 11) is 0. The van der Waals surface area contributed by atoms with Gasteiger partial charge in [-0.1, -0.05) is 23.2 Å². The number of rotatable bonds is 4. The lowest BCUT2D eigenvalue weighted by Crippen LogP contribution is -2.24. The van der Waals surface area contributed by atoms with Crippen LogP contribution in [-0.2, 0) is 0 Å². The summed E-state index contributed by atoms with van der Waals surface area (Å²) in [6.07, 6.45) is 5.25. The predicted molar refractivity (Wildman–Crippen MR) is 68.4 cm³/mol. The molecule has 0 spiro atoms. The van der Waals surface area contributed by atoms with Crippen LogP contribution in [0.2, 0.25) is 10.0 Å². The van der Waals surface area contributed by atoms with Crippen molar-refractivity contribution in [2.45, 2.75) is 25.3 Å². The molecule has 1 aromatic heterocycles. The van der Waals surface area contributed by atoms with Gasteiger partial charge in [-0.3, -0.25) is 0 Å². The van der Waals surface area contributed by atoms with Gasteiger partial charge in [0.15, 0.2) is 0 Å². The molecule has 0 radical (unpaired) electrons. The van der Waals surface area contributed by atoms with Crippen LogP contribution < -0.4 is 10.6 Å². The third-order valence-corrected chi connectivity index (χ3v) is 3.25. The Morgan fingerprint density at radius 2 is 2.38 bits per heavy atom. The second-order valence-corrected chi connectivity index (χ2v) is 4.84. The molecule has 2 rings (SSSR count). The van der Waals surface area contributed by atoms with Crippen molar-refractivity contribution >= 4 is 29.0 Å². The molecule has 0 aliphatic carbocycles. The van der Waals surface area contributed by atoms with Crippen LogP contribution in [0.1, 0.15) is 19.3 Å². The third-order valence-electron chi connectivity index (χ3n) is 2.76. The van der Waals surface area contributed by atoms with Crippen molar-refractivity contribution in [2.75, 3.05) is 18.4 Å². The fourth-order valence-electron chi connectivity index (χ4n) is 1.91. The van der Waals surface area contributed by atoms with Gasteiger partial charge in [-0.05, 0) is 31.9 Å². The molecule has 0 aromatic carbocycles. The van der Waals surface area contributed by atoms with Crippen LogP contribution in [0.5, 0.6) is 0 Å². The first-order valence-electron chi connectivity index (χ1n) is 5.54. The molecule has 1 aromatic rings. The van der Waals surface area contributed by atoms with Gasteiger partial charge in [0.25, 0.3) is 0 Å². The van der Waals surface area contributed by atoms with E-state index < -0.39 is 0 Å². The molecule has 0 amide bonds. The predicted octanol–water partition coefficient (Wildman–Crippen LogP) is 2.94. The topological polar surface area (TPSA) is 37.0 Å². The number of aromatic nitrogens is 1. The maximum Gasteiger partial charge on any atom is 0.144 e. The smallest absolute Gasteiger partial charge is 0.144 e. The van der Waals surface area contributed by atoms with Crippen LogP contribution in [0.3, 0.4) is 0 Å². The van der Waals surface area contributed by atoms with Gasteiger partial charge in [-0.15, -0.1) is 0 Å². The zero-order valence-electron chi connectivity index (χ0n) is 8.97. The highest BCUT2D eigenvalue weighted by Crippen LogP contribution is 2.22. The minimum Gasteiger partial charge on any atom is -0.369 e. The van der Waals surface area contributed by atoms with Gasteiger partial charge in [0.1, 0.15) is 5.82 Å². The van der Waals surface area contributed by atoms with Crippen molar-refractivity contribution in [3.05, 3.63) is 22.3 Å². The molecule has 1 aliphatic rings. The monoisotopic (exact) mass is 259 g/mol. The summed E-state index contributed by atoms with van der Waals surface area (Å²) in [5, 5.41) is 7.82. The van der Waals surface area contributed by atoms with E-state index in [9.17, 15) is 0 Å². The normalized spacial score (nSPS) is 20.0. The van der Waals surface area contributed by atoms with Crippen molar-refractivity contribution in [1.82, 2.24) is 10.3 Å². The average Bonchev–Trinajstić information content (AvgIpc) is 2.74. The summed E-state index contributed by atoms with van der Waals surface area (Å²) in [6.45, 7) is 2.02. The molecule has 88 valence electrons. The highest BCUT2D eigenvalue weighted by molar-refractivity contribution is 6.35. The van der Waals surface area contributed by atoms with E-state index in [0.717, 1.165) is 19.5 Å². The van der Waals surface area contributed by atoms with E-state index in [1.54, 1.807) is 12.3 Å². The molecule has 2 heterocycles. The minimum atomic E-state index is 0.563. The Morgan fingerprint density at radius 1 is 1.50 bits per heavy atom. The molecule has 1 atom stereocenters. The van der Waals surface area contributed by atoms with Crippen LogP contribution in [0.25, 0.3) is 0 Å². The van der Waals surface area contributed by atoms with E-state index >= 15 is 0 Å². The second-order valence-electron chi connectivity index (χ2n) is 3.99. The Bertz CT molecular complexity index is 351. The number of anilines is 1. The highest BCUT2D eigenvalue weighted by atomic mass is 35.5. The van der Waals surface area contributed by atoms with Crippen molar-refractivity contribution in [2.24, 2.45) is 0 Å². The van der Waals surface area contributed by atoms with Gasteiger partial charge in [-0.2, -0.15) is 0 Å². The first-order chi connectivity index (χ1) is 7.75. The van der Waals surface area contributed by atoms with Crippen LogP contribution in [0.15, 0.2) is 12.3 Å². The fraction of sp³-hybridized carbons (Fsp3) is 0.545. The quantitative estimate of drug-likeness (QED) is 0.873. The van der Waals surface area contributed by atoms with Crippen molar-refractivity contribution in [1.29, 1.82) is 0 Å². The number of pyridine rings is 1. The Balaban J connectivity index is 1.80. The molecule has 16 heavy (non-hydrogen) atoms. The number of nitrogens with one attached hydrogen (secondary N) is 2. The van der Waals surface area contributed by atoms with E-state index in [1.807, 2.05) is 0 Å². The molecular formula is C11H15Cl2N3. The Hall–Kier alpha value is -0.510. The minimum absolute atomic E-state index is 0.563. The summed E-state index contributed by atoms with van der Waals surface area (Å²) in [5.74, 6) is 0.712. The zero-order valence-corrected chi connectivity index (χ0v) is 10.5. The Labute approximate surface area is 106 Å². The molecule has 0 saturated carbocycles. The standard InChI is InChI=1S/C11H15Cl2N3/c12-8-6-10(13)11(16-7-8)15-5-3-9-2-1-4-14-9/h6-7,9,14H,1-5H2,(H,15,16). The summed E-state index contributed by atoms with van der Waals surface area (Å²) >= 11 is 11.8. The lowest BCUT2D eigenvalue weighted by Gasteiger charge is -2.11. The average molecular weight is 260 g/mol. The molecule has 1 fully saturated rings. The van der Waals surface area contributed by atoms with Crippen LogP contribution in [0, 0.1) is 0 Å². The summed E-state index contributed by atoms with van der Waals surface area (Å²) < 4.78 is 0. The second kappa shape index (κ2) is 5.71. The van der Waals surface area contributed by atoms with Crippen molar-refractivity contribution in [3.63, 3.8) is 0 Å². The molecule has 3 nitrogen and oxygen atoms in total. The van der Waals surface area contributed by atoms with Crippen LogP contribution >= 0.6 is 23.2 Å². The first kappa shape index (κ1) is 12.0. The van der Waals surface area contributed by atoms with Crippen LogP contribution in [-0.4, -0.2) is 24.1 Å². The zero-order chi connectivity index (χ0) is 11.4. The number of hydrogen-bond donors (Lipinski definition) is 2. The maximum atomic E-state index is 6.00. The Kier molecular flexibility index (Phi) is 4.27. The van der Waals surface area contributed by atoms with E-state index in [4.69, 9.17) is 23.2 Å². The van der Waals surface area contributed by atoms with E-state index in [2.05, 4.69) is 15.6 Å². The highest BCUT2D eigenvalue weighted by Gasteiger charge is 2.13. The molecule has 0 bridgehead atoms. The fourth-order valence-corrected chi connectivity index (χ4v) is 2.36. The van der Waals surface area contributed by atoms with E-state index in [1.165, 1.54) is 12.8 Å². The van der Waals surface area contributed by atoms with E-state index in [-0.39, 0.29) is 0 Å². The SMILES string of the molecule is Clc1cnc(NCCC2CCCN2)c(Cl)c1. The largest absolute Gasteiger partial charge is 0.369 e. The lowest BCUT2D eigenvalue weighted by atomic mass is 10.1. The summed E-state index contributed by atoms with van der Waals surface area (Å²) in [4.78, 5) is 4.15. The van der Waals surface area contributed by atoms with Crippen LogP contribution in [0.4, 0.5) is 5.82 Å². The van der Waals surface area contributed by atoms with Crippen molar-refractivity contribution in [3.8, 4) is 0 Å². The Morgan fingerprint density at radius 3 is 3.06 bits per heavy atom. The number of hydrogen-bond acceptors (Lipinski definition) is 3. The molecule has 5 heteroatoms. The third kappa shape index (κ3) is 3.24. The molecule has 1 unspecified atom stereocenters. The van der Waals surface area contributed by atoms with Gasteiger partial charge in [0.05, 0.1) is 10.0 Å². The summed E-state index contributed by atoms with van der Waals surface area (Å²) in [5.41, 5.74) is 0. The lowest BCUT2D eigenvalue weighted by molar-refractivity contribution is 0.574. The van der Waals surface area contributed by atoms with Gasteiger partial charge in [0.2, 0.25) is 0 Å².